The number of aromatic nitrogens is 2. The number of hydrogen-bond acceptors (Lipinski definition) is 0. The maximum absolute atomic E-state index is 2.21. The molecule has 1 rings (SSSR count). The van der Waals surface area contributed by atoms with Gasteiger partial charge in [0.25, 0.3) is 0 Å². The Morgan fingerprint density at radius 3 is 2.00 bits per heavy atom. The molecular weight excluding hydrogens is 256 g/mol. The number of hydrogen-bond donors (Lipinski definition) is 0. The maximum atomic E-state index is 2.21. The second-order valence-electron chi connectivity index (χ2n) is 2.67. The quantitative estimate of drug-likeness (QED) is 0.293. The molecule has 0 bridgehead atoms. The molecule has 0 aromatic carbocycles. The van der Waals surface area contributed by atoms with E-state index < -0.39 is 0 Å². The number of nitrogens with zero attached hydrogens (tertiary/aromatic N) is 2. The van der Waals surface area contributed by atoms with Crippen LogP contribution in [0.1, 0.15) is 19.8 Å². The molecule has 0 N–H and O–H groups in total. The number of rotatable bonds is 3. The van der Waals surface area contributed by atoms with Gasteiger partial charge in [-0.1, -0.05) is 13.3 Å². The Hall–Kier alpha value is -0.551. The number of imidazole rings is 1. The van der Waals surface area contributed by atoms with Gasteiger partial charge in [-0.3, -0.25) is 0 Å². The Labute approximate surface area is 97.6 Å². The molecule has 1 aromatic rings. The minimum atomic E-state index is 0. The van der Waals surface area contributed by atoms with Crippen molar-refractivity contribution in [3.8, 4) is 0 Å². The van der Waals surface area contributed by atoms with Crippen LogP contribution in [-0.2, 0) is 30.7 Å². The first kappa shape index (κ1) is 29.3. The van der Waals surface area contributed by atoms with Gasteiger partial charge >= 0.3 is 17.1 Å². The molecule has 93 valence electrons. The summed E-state index contributed by atoms with van der Waals surface area (Å²) in [5.41, 5.74) is 0. The third-order valence-electron chi connectivity index (χ3n) is 1.59. The zero-order chi connectivity index (χ0) is 7.40. The van der Waals surface area contributed by atoms with Gasteiger partial charge in [0.2, 0.25) is 6.33 Å². The summed E-state index contributed by atoms with van der Waals surface area (Å²) in [6.07, 6.45) is 8.82. The van der Waals surface area contributed by atoms with Crippen LogP contribution in [0.2, 0.25) is 0 Å². The second kappa shape index (κ2) is 15.9. The summed E-state index contributed by atoms with van der Waals surface area (Å²) in [5.74, 6) is 0. The molecule has 1 aromatic heterocycles. The van der Waals surface area contributed by atoms with Crippen LogP contribution in [-0.4, -0.2) is 4.57 Å². The van der Waals surface area contributed by atoms with E-state index in [1.54, 1.807) is 0 Å². The molecule has 0 aliphatic rings. The first-order chi connectivity index (χ1) is 4.83. The molecule has 7 heteroatoms. The summed E-state index contributed by atoms with van der Waals surface area (Å²) in [7, 11) is 2.04. The standard InChI is InChI=1S/C8H15N2.4FH.Fe/c1-3-4-5-10-7-6-9(2)8-10;;;;;/h6-8H,3-5H2,1-2H3;4*1H;/q+1;;;;;+3/p-4. The molecule has 2 nitrogen and oxygen atoms in total. The zero-order valence-corrected chi connectivity index (χ0v) is 9.72. The fourth-order valence-electron chi connectivity index (χ4n) is 0.975. The van der Waals surface area contributed by atoms with Gasteiger partial charge in [-0.2, -0.15) is 0 Å². The van der Waals surface area contributed by atoms with Crippen LogP contribution in [0.15, 0.2) is 18.7 Å². The summed E-state index contributed by atoms with van der Waals surface area (Å²) in [5, 5.41) is 0. The first-order valence-corrected chi connectivity index (χ1v) is 3.84. The van der Waals surface area contributed by atoms with Gasteiger partial charge in [0.05, 0.1) is 13.6 Å². The van der Waals surface area contributed by atoms with Crippen molar-refractivity contribution in [2.24, 2.45) is 7.05 Å². The van der Waals surface area contributed by atoms with E-state index in [9.17, 15) is 0 Å². The van der Waals surface area contributed by atoms with Crippen LogP contribution in [0.3, 0.4) is 0 Å². The van der Waals surface area contributed by atoms with Crippen LogP contribution in [0.4, 0.5) is 0 Å². The fourth-order valence-corrected chi connectivity index (χ4v) is 0.975. The Kier molecular flexibility index (Phi) is 31.0. The van der Waals surface area contributed by atoms with Crippen molar-refractivity contribution >= 4 is 0 Å². The number of unbranched alkanes of at least 4 members (excludes halogenated alkanes) is 1. The van der Waals surface area contributed by atoms with Gasteiger partial charge in [0.15, 0.2) is 0 Å². The monoisotopic (exact) mass is 271 g/mol. The molecule has 0 spiro atoms. The Balaban J connectivity index is -0.0000000667. The van der Waals surface area contributed by atoms with Crippen molar-refractivity contribution in [2.75, 3.05) is 0 Å². The van der Waals surface area contributed by atoms with Crippen molar-refractivity contribution in [2.45, 2.75) is 26.3 Å². The minimum Gasteiger partial charge on any atom is -1.00 e. The third-order valence-corrected chi connectivity index (χ3v) is 1.59. The van der Waals surface area contributed by atoms with Crippen molar-refractivity contribution in [1.82, 2.24) is 4.57 Å². The van der Waals surface area contributed by atoms with Gasteiger partial charge in [-0.05, 0) is 6.42 Å². The summed E-state index contributed by atoms with van der Waals surface area (Å²) in [6, 6.07) is 0. The molecule has 0 aliphatic heterocycles. The van der Waals surface area contributed by atoms with Gasteiger partial charge < -0.3 is 18.8 Å². The van der Waals surface area contributed by atoms with E-state index in [-0.39, 0.29) is 35.9 Å². The predicted octanol–water partition coefficient (Wildman–Crippen LogP) is -10.9. The van der Waals surface area contributed by atoms with Crippen LogP contribution in [0, 0.1) is 0 Å². The average Bonchev–Trinajstić information content (AvgIpc) is 2.31. The van der Waals surface area contributed by atoms with Crippen LogP contribution in [0.5, 0.6) is 0 Å². The van der Waals surface area contributed by atoms with E-state index >= 15 is 0 Å². The largest absolute Gasteiger partial charge is 3.00 e. The molecule has 15 heavy (non-hydrogen) atoms. The van der Waals surface area contributed by atoms with E-state index in [1.807, 2.05) is 7.05 Å². The van der Waals surface area contributed by atoms with Crippen molar-refractivity contribution in [3.05, 3.63) is 18.7 Å². The molecule has 1 radical (unpaired) electrons. The van der Waals surface area contributed by atoms with Gasteiger partial charge in [0, 0.05) is 0 Å². The third kappa shape index (κ3) is 11.4. The topological polar surface area (TPSA) is 8.81 Å². The Bertz CT molecular complexity index is 208. The van der Waals surface area contributed by atoms with E-state index in [2.05, 4.69) is 34.8 Å². The summed E-state index contributed by atoms with van der Waals surface area (Å²) in [4.78, 5) is 0. The van der Waals surface area contributed by atoms with Crippen LogP contribution < -0.4 is 23.4 Å². The normalized spacial score (nSPS) is 6.80. The smallest absolute Gasteiger partial charge is 1.00 e. The van der Waals surface area contributed by atoms with Gasteiger partial charge in [0.1, 0.15) is 12.4 Å². The molecule has 1 heterocycles. The van der Waals surface area contributed by atoms with Crippen LogP contribution >= 0.6 is 0 Å². The molecule has 0 saturated heterocycles. The SMILES string of the molecule is CCCCn1cc[n+](C)c1.[F-].[F-].[F-].[F-].[Fe+3]. The second-order valence-corrected chi connectivity index (χ2v) is 2.67. The molecule has 0 atom stereocenters. The Morgan fingerprint density at radius 1 is 1.13 bits per heavy atom. The maximum Gasteiger partial charge on any atom is 3.00 e. The van der Waals surface area contributed by atoms with E-state index in [0.29, 0.717) is 0 Å². The molecular formula is C8H15F4FeN2. The first-order valence-electron chi connectivity index (χ1n) is 3.84. The van der Waals surface area contributed by atoms with Crippen molar-refractivity contribution in [3.63, 3.8) is 0 Å². The van der Waals surface area contributed by atoms with Crippen molar-refractivity contribution < 1.29 is 40.5 Å². The molecule has 0 saturated carbocycles. The number of halogens is 4. The average molecular weight is 271 g/mol. The van der Waals surface area contributed by atoms with E-state index in [4.69, 9.17) is 0 Å². The molecule has 0 aliphatic carbocycles. The van der Waals surface area contributed by atoms with E-state index in [1.165, 1.54) is 12.8 Å². The molecule has 0 fully saturated rings. The molecule has 0 unspecified atom stereocenters. The van der Waals surface area contributed by atoms with Gasteiger partial charge in [-0.15, -0.1) is 0 Å². The molecule has 0 amide bonds. The summed E-state index contributed by atoms with van der Waals surface area (Å²) in [6.45, 7) is 3.36. The Morgan fingerprint density at radius 2 is 1.67 bits per heavy atom. The minimum absolute atomic E-state index is 0. The van der Waals surface area contributed by atoms with Gasteiger partial charge in [-0.25, -0.2) is 9.13 Å². The fraction of sp³-hybridized carbons (Fsp3) is 0.625. The van der Waals surface area contributed by atoms with Crippen molar-refractivity contribution in [1.29, 1.82) is 0 Å². The number of aryl methyl sites for hydroxylation is 2. The zero-order valence-electron chi connectivity index (χ0n) is 8.61. The summed E-state index contributed by atoms with van der Waals surface area (Å²) >= 11 is 0. The van der Waals surface area contributed by atoms with Crippen LogP contribution in [0.25, 0.3) is 0 Å². The predicted molar refractivity (Wildman–Crippen MR) is 40.5 cm³/mol. The van der Waals surface area contributed by atoms with E-state index in [0.717, 1.165) is 6.54 Å². The summed E-state index contributed by atoms with van der Waals surface area (Å²) < 4.78 is 4.28.